The first-order valence-electron chi connectivity index (χ1n) is 6.85. The molecule has 0 saturated heterocycles. The van der Waals surface area contributed by atoms with Crippen molar-refractivity contribution in [3.8, 4) is 0 Å². The predicted molar refractivity (Wildman–Crippen MR) is 79.7 cm³/mol. The molecule has 0 unspecified atom stereocenters. The molecule has 1 aromatic carbocycles. The number of hydrogen-bond acceptors (Lipinski definition) is 3. The summed E-state index contributed by atoms with van der Waals surface area (Å²) < 4.78 is 2.03. The average molecular weight is 266 g/mol. The Balaban J connectivity index is 1.96. The fraction of sp³-hybridized carbons (Fsp3) is 0.250. The molecule has 2 aromatic heterocycles. The van der Waals surface area contributed by atoms with E-state index in [-0.39, 0.29) is 0 Å². The van der Waals surface area contributed by atoms with Crippen LogP contribution in [0.15, 0.2) is 42.6 Å². The van der Waals surface area contributed by atoms with Crippen molar-refractivity contribution >= 4 is 5.65 Å². The van der Waals surface area contributed by atoms with Gasteiger partial charge in [0.15, 0.2) is 0 Å². The molecule has 0 aliphatic carbocycles. The van der Waals surface area contributed by atoms with Gasteiger partial charge in [0.05, 0.1) is 11.4 Å². The first kappa shape index (κ1) is 12.8. The van der Waals surface area contributed by atoms with Gasteiger partial charge in [0.2, 0.25) is 0 Å². The standard InChI is InChI=1S/C16H18N4/c1-12-18-15(9-13-5-3-2-4-6-13)10-16-19-14(7-8-17)11-20(12)16/h2-6,10-11H,7-9,17H2,1H3. The molecule has 3 aromatic rings. The third-order valence-corrected chi connectivity index (χ3v) is 3.36. The second kappa shape index (κ2) is 5.43. The van der Waals surface area contributed by atoms with Gasteiger partial charge in [0.1, 0.15) is 11.5 Å². The van der Waals surface area contributed by atoms with E-state index in [1.807, 2.05) is 23.6 Å². The van der Waals surface area contributed by atoms with Gasteiger partial charge in [-0.3, -0.25) is 4.40 Å². The highest BCUT2D eigenvalue weighted by molar-refractivity contribution is 5.43. The van der Waals surface area contributed by atoms with Crippen LogP contribution < -0.4 is 5.73 Å². The maximum atomic E-state index is 5.59. The maximum Gasteiger partial charge on any atom is 0.140 e. The smallest absolute Gasteiger partial charge is 0.140 e. The molecule has 0 bridgehead atoms. The first-order valence-corrected chi connectivity index (χ1v) is 6.85. The van der Waals surface area contributed by atoms with Gasteiger partial charge in [-0.2, -0.15) is 0 Å². The molecule has 0 fully saturated rings. The molecule has 0 saturated carbocycles. The average Bonchev–Trinajstić information content (AvgIpc) is 2.83. The van der Waals surface area contributed by atoms with E-state index in [4.69, 9.17) is 5.73 Å². The van der Waals surface area contributed by atoms with Crippen LogP contribution in [0.5, 0.6) is 0 Å². The molecule has 0 aliphatic heterocycles. The Labute approximate surface area is 118 Å². The van der Waals surface area contributed by atoms with E-state index in [2.05, 4.69) is 40.3 Å². The van der Waals surface area contributed by atoms with Crippen LogP contribution in [0.1, 0.15) is 22.8 Å². The van der Waals surface area contributed by atoms with E-state index in [1.165, 1.54) is 5.56 Å². The van der Waals surface area contributed by atoms with Crippen LogP contribution in [0.4, 0.5) is 0 Å². The van der Waals surface area contributed by atoms with Crippen molar-refractivity contribution in [3.63, 3.8) is 0 Å². The number of imidazole rings is 1. The number of benzene rings is 1. The highest BCUT2D eigenvalue weighted by Gasteiger charge is 2.07. The largest absolute Gasteiger partial charge is 0.330 e. The lowest BCUT2D eigenvalue weighted by molar-refractivity contribution is 0.922. The van der Waals surface area contributed by atoms with Crippen LogP contribution in [0.2, 0.25) is 0 Å². The second-order valence-corrected chi connectivity index (χ2v) is 4.96. The van der Waals surface area contributed by atoms with Gasteiger partial charge < -0.3 is 5.73 Å². The number of aryl methyl sites for hydroxylation is 1. The van der Waals surface area contributed by atoms with E-state index in [0.29, 0.717) is 6.54 Å². The first-order chi connectivity index (χ1) is 9.76. The van der Waals surface area contributed by atoms with E-state index in [1.54, 1.807) is 0 Å². The highest BCUT2D eigenvalue weighted by atomic mass is 15.1. The van der Waals surface area contributed by atoms with E-state index >= 15 is 0 Å². The predicted octanol–water partition coefficient (Wildman–Crippen LogP) is 2.13. The molecular weight excluding hydrogens is 248 g/mol. The third kappa shape index (κ3) is 2.56. The lowest BCUT2D eigenvalue weighted by Gasteiger charge is -2.04. The Morgan fingerprint density at radius 2 is 1.90 bits per heavy atom. The number of fused-ring (bicyclic) bond motifs is 1. The molecule has 2 heterocycles. The summed E-state index contributed by atoms with van der Waals surface area (Å²) >= 11 is 0. The Morgan fingerprint density at radius 1 is 1.10 bits per heavy atom. The monoisotopic (exact) mass is 266 g/mol. The Morgan fingerprint density at radius 3 is 2.65 bits per heavy atom. The number of aromatic nitrogens is 3. The minimum absolute atomic E-state index is 0.618. The molecule has 4 nitrogen and oxygen atoms in total. The Hall–Kier alpha value is -2.20. The molecule has 2 N–H and O–H groups in total. The van der Waals surface area contributed by atoms with Crippen LogP contribution in [-0.2, 0) is 12.8 Å². The topological polar surface area (TPSA) is 56.2 Å². The molecule has 0 spiro atoms. The fourth-order valence-corrected chi connectivity index (χ4v) is 2.41. The van der Waals surface area contributed by atoms with Gasteiger partial charge in [0.25, 0.3) is 0 Å². The van der Waals surface area contributed by atoms with Crippen LogP contribution in [0.3, 0.4) is 0 Å². The summed E-state index contributed by atoms with van der Waals surface area (Å²) in [7, 11) is 0. The molecular formula is C16H18N4. The Bertz CT molecular complexity index is 716. The van der Waals surface area contributed by atoms with Crippen LogP contribution in [0, 0.1) is 6.92 Å². The minimum Gasteiger partial charge on any atom is -0.330 e. The van der Waals surface area contributed by atoms with Crippen LogP contribution >= 0.6 is 0 Å². The lowest BCUT2D eigenvalue weighted by atomic mass is 10.1. The summed E-state index contributed by atoms with van der Waals surface area (Å²) in [6.07, 6.45) is 3.66. The van der Waals surface area contributed by atoms with Crippen molar-refractivity contribution in [1.82, 2.24) is 14.4 Å². The van der Waals surface area contributed by atoms with Crippen molar-refractivity contribution in [2.45, 2.75) is 19.8 Å². The molecule has 20 heavy (non-hydrogen) atoms. The molecule has 102 valence electrons. The molecule has 0 radical (unpaired) electrons. The zero-order valence-electron chi connectivity index (χ0n) is 11.6. The molecule has 0 amide bonds. The zero-order valence-corrected chi connectivity index (χ0v) is 11.6. The summed E-state index contributed by atoms with van der Waals surface area (Å²) in [4.78, 5) is 9.27. The van der Waals surface area contributed by atoms with Crippen molar-refractivity contribution in [1.29, 1.82) is 0 Å². The quantitative estimate of drug-likeness (QED) is 0.787. The fourth-order valence-electron chi connectivity index (χ4n) is 2.41. The normalized spacial score (nSPS) is 11.1. The van der Waals surface area contributed by atoms with Crippen LogP contribution in [-0.4, -0.2) is 20.9 Å². The van der Waals surface area contributed by atoms with Gasteiger partial charge >= 0.3 is 0 Å². The highest BCUT2D eigenvalue weighted by Crippen LogP contribution is 2.13. The molecule has 0 aliphatic rings. The summed E-state index contributed by atoms with van der Waals surface area (Å²) in [5.74, 6) is 0.962. The molecule has 0 atom stereocenters. The Kier molecular flexibility index (Phi) is 3.48. The number of nitrogens with two attached hydrogens (primary N) is 1. The van der Waals surface area contributed by atoms with E-state index in [0.717, 1.165) is 35.7 Å². The van der Waals surface area contributed by atoms with Crippen LogP contribution in [0.25, 0.3) is 5.65 Å². The van der Waals surface area contributed by atoms with Crippen molar-refractivity contribution < 1.29 is 0 Å². The van der Waals surface area contributed by atoms with Gasteiger partial charge in [-0.05, 0) is 19.0 Å². The van der Waals surface area contributed by atoms with E-state index < -0.39 is 0 Å². The summed E-state index contributed by atoms with van der Waals surface area (Å²) in [6.45, 7) is 2.63. The van der Waals surface area contributed by atoms with Crippen molar-refractivity contribution in [2.24, 2.45) is 5.73 Å². The summed E-state index contributed by atoms with van der Waals surface area (Å²) in [6, 6.07) is 12.4. The van der Waals surface area contributed by atoms with Crippen molar-refractivity contribution in [3.05, 3.63) is 65.4 Å². The number of nitrogens with zero attached hydrogens (tertiary/aromatic N) is 3. The van der Waals surface area contributed by atoms with Gasteiger partial charge in [0, 0.05) is 25.1 Å². The van der Waals surface area contributed by atoms with Crippen molar-refractivity contribution in [2.75, 3.05) is 6.54 Å². The summed E-state index contributed by atoms with van der Waals surface area (Å²) in [5, 5.41) is 0. The second-order valence-electron chi connectivity index (χ2n) is 4.96. The minimum atomic E-state index is 0.618. The van der Waals surface area contributed by atoms with Gasteiger partial charge in [-0.25, -0.2) is 9.97 Å². The lowest BCUT2D eigenvalue weighted by Crippen LogP contribution is -2.02. The van der Waals surface area contributed by atoms with Gasteiger partial charge in [-0.15, -0.1) is 0 Å². The molecule has 3 rings (SSSR count). The maximum absolute atomic E-state index is 5.59. The third-order valence-electron chi connectivity index (χ3n) is 3.36. The summed E-state index contributed by atoms with van der Waals surface area (Å²) in [5.41, 5.74) is 9.87. The number of rotatable bonds is 4. The van der Waals surface area contributed by atoms with Gasteiger partial charge in [-0.1, -0.05) is 30.3 Å². The van der Waals surface area contributed by atoms with E-state index in [9.17, 15) is 0 Å². The SMILES string of the molecule is Cc1nc(Cc2ccccc2)cc2nc(CCN)cn12. The zero-order chi connectivity index (χ0) is 13.9. The number of hydrogen-bond donors (Lipinski definition) is 1. The molecule has 4 heteroatoms.